The topological polar surface area (TPSA) is 80.9 Å². The predicted octanol–water partition coefficient (Wildman–Crippen LogP) is 4.81. The molecule has 2 heterocycles. The third kappa shape index (κ3) is 3.23. The molecule has 1 N–H and O–H groups in total. The van der Waals surface area contributed by atoms with Crippen LogP contribution in [0.5, 0.6) is 0 Å². The van der Waals surface area contributed by atoms with Gasteiger partial charge in [-0.2, -0.15) is 5.10 Å². The average molecular weight is 451 g/mol. The molecule has 0 aromatic carbocycles. The fourth-order valence-electron chi connectivity index (χ4n) is 9.14. The van der Waals surface area contributed by atoms with Crippen LogP contribution < -0.4 is 0 Å². The minimum absolute atomic E-state index is 0.107. The molecule has 2 aromatic rings. The van der Waals surface area contributed by atoms with Crippen molar-refractivity contribution < 1.29 is 9.90 Å². The van der Waals surface area contributed by atoms with Gasteiger partial charge in [-0.1, -0.05) is 13.8 Å². The number of carbonyl (C=O) groups excluding carboxylic acids is 1. The lowest BCUT2D eigenvalue weighted by Gasteiger charge is -2.61. The van der Waals surface area contributed by atoms with Crippen LogP contribution in [0, 0.1) is 40.4 Å². The molecule has 1 unspecified atom stereocenters. The summed E-state index contributed by atoms with van der Waals surface area (Å²) in [6, 6.07) is 0. The van der Waals surface area contributed by atoms with Crippen molar-refractivity contribution in [3.05, 3.63) is 18.6 Å². The molecule has 6 heteroatoms. The zero-order valence-electron chi connectivity index (χ0n) is 20.3. The predicted molar refractivity (Wildman–Crippen MR) is 126 cm³/mol. The Hall–Kier alpha value is -1.82. The van der Waals surface area contributed by atoms with Crippen molar-refractivity contribution in [3.63, 3.8) is 0 Å². The number of aromatic nitrogens is 4. The van der Waals surface area contributed by atoms with Gasteiger partial charge in [0.2, 0.25) is 0 Å². The minimum Gasteiger partial charge on any atom is -0.390 e. The highest BCUT2D eigenvalue weighted by molar-refractivity contribution is 5.83. The van der Waals surface area contributed by atoms with E-state index >= 15 is 0 Å². The monoisotopic (exact) mass is 450 g/mol. The SMILES string of the molecule is CC12CC[C@H]3[C@@H](CC[C@@H]4C[C@](C)(O)CC[C@@]43C)[C@@H]1CC[C@@H]2C(=O)Cn1ncc2nccnc21. The van der Waals surface area contributed by atoms with E-state index in [1.807, 2.05) is 6.92 Å². The zero-order valence-corrected chi connectivity index (χ0v) is 20.3. The maximum absolute atomic E-state index is 13.6. The highest BCUT2D eigenvalue weighted by atomic mass is 16.3. The van der Waals surface area contributed by atoms with E-state index in [0.29, 0.717) is 35.2 Å². The standard InChI is InChI=1S/C27H38N4O2/c1-25(33)10-11-26(2)17(14-25)4-5-18-19-6-7-21(27(19,3)9-8-20(18)26)23(32)16-31-24-22(15-30-31)28-12-13-29-24/h12-13,15,17-21,33H,4-11,14,16H2,1-3H3/t17-,18+,19+,20+,21-,25-,26+,27?/m1/s1. The second kappa shape index (κ2) is 7.34. The molecule has 0 aliphatic heterocycles. The van der Waals surface area contributed by atoms with Crippen molar-refractivity contribution in [3.8, 4) is 0 Å². The van der Waals surface area contributed by atoms with E-state index in [-0.39, 0.29) is 11.3 Å². The number of aliphatic hydroxyl groups is 1. The molecule has 8 atom stereocenters. The fraction of sp³-hybridized carbons (Fsp3) is 0.778. The third-order valence-electron chi connectivity index (χ3n) is 10.9. The first-order valence-electron chi connectivity index (χ1n) is 13.1. The summed E-state index contributed by atoms with van der Waals surface area (Å²) in [7, 11) is 0. The summed E-state index contributed by atoms with van der Waals surface area (Å²) in [6.45, 7) is 7.30. The number of rotatable bonds is 3. The number of nitrogens with zero attached hydrogens (tertiary/aromatic N) is 4. The summed E-state index contributed by atoms with van der Waals surface area (Å²) < 4.78 is 1.74. The third-order valence-corrected chi connectivity index (χ3v) is 10.9. The van der Waals surface area contributed by atoms with E-state index in [4.69, 9.17) is 0 Å². The van der Waals surface area contributed by atoms with Gasteiger partial charge in [0.1, 0.15) is 12.1 Å². The minimum atomic E-state index is -0.480. The molecule has 4 saturated carbocycles. The second-order valence-corrected chi connectivity index (χ2v) is 12.6. The van der Waals surface area contributed by atoms with Gasteiger partial charge in [0.25, 0.3) is 0 Å². The lowest BCUT2D eigenvalue weighted by atomic mass is 9.44. The molecule has 0 bridgehead atoms. The molecule has 4 aliphatic rings. The zero-order chi connectivity index (χ0) is 23.0. The molecule has 33 heavy (non-hydrogen) atoms. The van der Waals surface area contributed by atoms with Crippen LogP contribution in [-0.2, 0) is 11.3 Å². The molecular formula is C27H38N4O2. The highest BCUT2D eigenvalue weighted by Crippen LogP contribution is 2.68. The van der Waals surface area contributed by atoms with Crippen LogP contribution in [0.25, 0.3) is 11.2 Å². The van der Waals surface area contributed by atoms with Crippen molar-refractivity contribution >= 4 is 16.9 Å². The largest absolute Gasteiger partial charge is 0.390 e. The lowest BCUT2D eigenvalue weighted by Crippen LogP contribution is -2.55. The van der Waals surface area contributed by atoms with Crippen molar-refractivity contribution in [1.29, 1.82) is 0 Å². The van der Waals surface area contributed by atoms with E-state index in [1.54, 1.807) is 23.3 Å². The molecule has 0 spiro atoms. The van der Waals surface area contributed by atoms with E-state index in [9.17, 15) is 9.90 Å². The summed E-state index contributed by atoms with van der Waals surface area (Å²) in [5, 5.41) is 15.1. The molecule has 0 radical (unpaired) electrons. The number of fused-ring (bicyclic) bond motifs is 6. The van der Waals surface area contributed by atoms with Gasteiger partial charge < -0.3 is 5.11 Å². The Labute approximate surface area is 196 Å². The van der Waals surface area contributed by atoms with Crippen LogP contribution in [0.2, 0.25) is 0 Å². The van der Waals surface area contributed by atoms with Gasteiger partial charge in [-0.25, -0.2) is 14.6 Å². The van der Waals surface area contributed by atoms with Gasteiger partial charge in [0.15, 0.2) is 11.4 Å². The van der Waals surface area contributed by atoms with Crippen molar-refractivity contribution in [1.82, 2.24) is 19.7 Å². The van der Waals surface area contributed by atoms with Crippen LogP contribution in [0.1, 0.15) is 78.6 Å². The first-order chi connectivity index (χ1) is 15.7. The number of hydrogen-bond acceptors (Lipinski definition) is 5. The average Bonchev–Trinajstić information content (AvgIpc) is 3.35. The quantitative estimate of drug-likeness (QED) is 0.726. The van der Waals surface area contributed by atoms with Gasteiger partial charge in [-0.05, 0) is 99.2 Å². The van der Waals surface area contributed by atoms with Crippen LogP contribution >= 0.6 is 0 Å². The van der Waals surface area contributed by atoms with Gasteiger partial charge in [-0.3, -0.25) is 4.79 Å². The molecule has 178 valence electrons. The molecule has 6 nitrogen and oxygen atoms in total. The molecular weight excluding hydrogens is 412 g/mol. The van der Waals surface area contributed by atoms with E-state index in [1.165, 1.54) is 25.7 Å². The van der Waals surface area contributed by atoms with Crippen LogP contribution in [0.3, 0.4) is 0 Å². The normalized spacial score (nSPS) is 44.8. The molecule has 4 fully saturated rings. The molecule has 0 amide bonds. The van der Waals surface area contributed by atoms with Crippen molar-refractivity contribution in [2.75, 3.05) is 0 Å². The Bertz CT molecular complexity index is 1080. The number of ketones is 1. The summed E-state index contributed by atoms with van der Waals surface area (Å²) in [4.78, 5) is 22.3. The lowest BCUT2D eigenvalue weighted by molar-refractivity contribution is -0.151. The van der Waals surface area contributed by atoms with Crippen molar-refractivity contribution in [2.24, 2.45) is 40.4 Å². The van der Waals surface area contributed by atoms with Gasteiger partial charge in [-0.15, -0.1) is 0 Å². The van der Waals surface area contributed by atoms with Gasteiger partial charge in [0.05, 0.1) is 11.8 Å². The van der Waals surface area contributed by atoms with E-state index in [2.05, 4.69) is 28.9 Å². The van der Waals surface area contributed by atoms with E-state index < -0.39 is 5.60 Å². The van der Waals surface area contributed by atoms with Crippen LogP contribution in [-0.4, -0.2) is 36.2 Å². The Balaban J connectivity index is 1.22. The molecule has 0 saturated heterocycles. The van der Waals surface area contributed by atoms with E-state index in [0.717, 1.165) is 49.5 Å². The first kappa shape index (κ1) is 21.7. The van der Waals surface area contributed by atoms with Crippen LogP contribution in [0.4, 0.5) is 0 Å². The number of hydrogen-bond donors (Lipinski definition) is 1. The molecule has 4 aliphatic carbocycles. The fourth-order valence-corrected chi connectivity index (χ4v) is 9.14. The summed E-state index contributed by atoms with van der Waals surface area (Å²) in [5.74, 6) is 3.24. The summed E-state index contributed by atoms with van der Waals surface area (Å²) >= 11 is 0. The van der Waals surface area contributed by atoms with Crippen molar-refractivity contribution in [2.45, 2.75) is 90.7 Å². The number of Topliss-reactive ketones (excluding diaryl/α,β-unsaturated/α-hetero) is 1. The summed E-state index contributed by atoms with van der Waals surface area (Å²) in [6.07, 6.45) is 15.2. The molecule has 6 rings (SSSR count). The number of carbonyl (C=O) groups is 1. The van der Waals surface area contributed by atoms with Crippen LogP contribution in [0.15, 0.2) is 18.6 Å². The Morgan fingerprint density at radius 3 is 2.64 bits per heavy atom. The molecule has 2 aromatic heterocycles. The highest BCUT2D eigenvalue weighted by Gasteiger charge is 2.61. The summed E-state index contributed by atoms with van der Waals surface area (Å²) in [5.41, 5.74) is 1.44. The maximum Gasteiger partial charge on any atom is 0.177 e. The van der Waals surface area contributed by atoms with Gasteiger partial charge >= 0.3 is 0 Å². The Kier molecular flexibility index (Phi) is 4.82. The maximum atomic E-state index is 13.6. The Morgan fingerprint density at radius 1 is 1.00 bits per heavy atom. The second-order valence-electron chi connectivity index (χ2n) is 12.6. The Morgan fingerprint density at radius 2 is 1.79 bits per heavy atom. The van der Waals surface area contributed by atoms with Gasteiger partial charge in [0, 0.05) is 18.3 Å². The smallest absolute Gasteiger partial charge is 0.177 e. The first-order valence-corrected chi connectivity index (χ1v) is 13.1.